The van der Waals surface area contributed by atoms with E-state index in [0.29, 0.717) is 5.41 Å². The summed E-state index contributed by atoms with van der Waals surface area (Å²) in [4.78, 5) is 0. The minimum Gasteiger partial charge on any atom is -0.411 e. The molecular weight excluding hydrogens is 186 g/mol. The number of rotatable bonds is 1. The average Bonchev–Trinajstić information content (AvgIpc) is 2.79. The zero-order valence-corrected chi connectivity index (χ0v) is 9.74. The van der Waals surface area contributed by atoms with Crippen molar-refractivity contribution < 1.29 is 5.21 Å². The highest BCUT2D eigenvalue weighted by atomic mass is 16.4. The number of hydrogen-bond acceptors (Lipinski definition) is 2. The average molecular weight is 207 g/mol. The lowest BCUT2D eigenvalue weighted by Gasteiger charge is -2.36. The molecule has 3 aliphatic carbocycles. The summed E-state index contributed by atoms with van der Waals surface area (Å²) in [6.45, 7) is 4.71. The van der Waals surface area contributed by atoms with Crippen molar-refractivity contribution in [3.63, 3.8) is 0 Å². The van der Waals surface area contributed by atoms with E-state index in [1.54, 1.807) is 0 Å². The smallest absolute Gasteiger partial charge is 0.0498 e. The van der Waals surface area contributed by atoms with E-state index in [0.717, 1.165) is 17.8 Å². The molecule has 0 heterocycles. The van der Waals surface area contributed by atoms with Gasteiger partial charge in [-0.3, -0.25) is 0 Å². The van der Waals surface area contributed by atoms with Crippen LogP contribution in [-0.4, -0.2) is 11.4 Å². The molecular formula is C13H21NO. The molecule has 1 spiro atoms. The van der Waals surface area contributed by atoms with E-state index in [9.17, 15) is 0 Å². The fourth-order valence-corrected chi connectivity index (χ4v) is 5.30. The lowest BCUT2D eigenvalue weighted by atomic mass is 9.68. The van der Waals surface area contributed by atoms with Crippen molar-refractivity contribution in [1.82, 2.24) is 0 Å². The Morgan fingerprint density at radius 1 is 1.40 bits per heavy atom. The third-order valence-electron chi connectivity index (χ3n) is 5.83. The quantitative estimate of drug-likeness (QED) is 0.399. The van der Waals surface area contributed by atoms with Gasteiger partial charge in [0.15, 0.2) is 0 Å². The molecule has 1 N–H and O–H groups in total. The van der Waals surface area contributed by atoms with E-state index in [1.807, 2.05) is 6.21 Å². The van der Waals surface area contributed by atoms with Crippen LogP contribution >= 0.6 is 0 Å². The second-order valence-electron chi connectivity index (χ2n) is 6.49. The van der Waals surface area contributed by atoms with Crippen LogP contribution in [0.4, 0.5) is 0 Å². The zero-order valence-electron chi connectivity index (χ0n) is 9.74. The maximum Gasteiger partial charge on any atom is 0.0498 e. The van der Waals surface area contributed by atoms with Crippen LogP contribution in [0.2, 0.25) is 0 Å². The van der Waals surface area contributed by atoms with E-state index < -0.39 is 0 Å². The van der Waals surface area contributed by atoms with Crippen LogP contribution in [0.5, 0.6) is 0 Å². The van der Waals surface area contributed by atoms with Gasteiger partial charge in [-0.2, -0.15) is 0 Å². The third kappa shape index (κ3) is 1.03. The Hall–Kier alpha value is -0.530. The Morgan fingerprint density at radius 2 is 2.20 bits per heavy atom. The minimum atomic E-state index is 0.170. The normalized spacial score (nSPS) is 57.9. The van der Waals surface area contributed by atoms with Gasteiger partial charge in [0, 0.05) is 11.6 Å². The van der Waals surface area contributed by atoms with Crippen molar-refractivity contribution in [1.29, 1.82) is 0 Å². The Labute approximate surface area is 91.7 Å². The van der Waals surface area contributed by atoms with Crippen LogP contribution in [-0.2, 0) is 0 Å². The first kappa shape index (κ1) is 9.68. The van der Waals surface area contributed by atoms with E-state index >= 15 is 0 Å². The van der Waals surface area contributed by atoms with Crippen molar-refractivity contribution in [3.05, 3.63) is 0 Å². The Balaban J connectivity index is 2.00. The van der Waals surface area contributed by atoms with Crippen LogP contribution in [0.1, 0.15) is 46.0 Å². The summed E-state index contributed by atoms with van der Waals surface area (Å²) in [5.74, 6) is 2.58. The first-order valence-corrected chi connectivity index (χ1v) is 6.29. The molecule has 15 heavy (non-hydrogen) atoms. The van der Waals surface area contributed by atoms with Crippen molar-refractivity contribution in [2.24, 2.45) is 33.7 Å². The van der Waals surface area contributed by atoms with Crippen molar-refractivity contribution >= 4 is 6.21 Å². The molecule has 0 radical (unpaired) electrons. The number of nitrogens with zero attached hydrogens (tertiary/aromatic N) is 1. The van der Waals surface area contributed by atoms with Crippen LogP contribution in [0, 0.1) is 28.6 Å². The first-order valence-electron chi connectivity index (χ1n) is 6.29. The van der Waals surface area contributed by atoms with Gasteiger partial charge in [0.2, 0.25) is 0 Å². The molecule has 2 bridgehead atoms. The summed E-state index contributed by atoms with van der Waals surface area (Å²) in [6.07, 6.45) is 8.75. The van der Waals surface area contributed by atoms with Crippen LogP contribution in [0.25, 0.3) is 0 Å². The van der Waals surface area contributed by atoms with Crippen molar-refractivity contribution in [3.8, 4) is 0 Å². The summed E-state index contributed by atoms with van der Waals surface area (Å²) < 4.78 is 0. The highest BCUT2D eigenvalue weighted by molar-refractivity contribution is 5.66. The molecule has 5 atom stereocenters. The summed E-state index contributed by atoms with van der Waals surface area (Å²) in [6, 6.07) is 0. The Morgan fingerprint density at radius 3 is 2.87 bits per heavy atom. The molecule has 84 valence electrons. The van der Waals surface area contributed by atoms with Crippen LogP contribution in [0.3, 0.4) is 0 Å². The molecule has 3 saturated carbocycles. The van der Waals surface area contributed by atoms with Crippen molar-refractivity contribution in [2.75, 3.05) is 0 Å². The lowest BCUT2D eigenvalue weighted by molar-refractivity contribution is 0.142. The summed E-state index contributed by atoms with van der Waals surface area (Å²) in [5.41, 5.74) is 0.782. The number of fused-ring (bicyclic) bond motifs is 1. The molecule has 0 aliphatic heterocycles. The third-order valence-corrected chi connectivity index (χ3v) is 5.83. The first-order chi connectivity index (χ1) is 7.11. The molecule has 0 aromatic rings. The second kappa shape index (κ2) is 2.78. The van der Waals surface area contributed by atoms with E-state index in [4.69, 9.17) is 5.21 Å². The monoisotopic (exact) mass is 207 g/mol. The predicted molar refractivity (Wildman–Crippen MR) is 60.0 cm³/mol. The molecule has 0 aromatic heterocycles. The summed E-state index contributed by atoms with van der Waals surface area (Å²) in [5, 5.41) is 12.2. The molecule has 0 saturated heterocycles. The summed E-state index contributed by atoms with van der Waals surface area (Å²) in [7, 11) is 0. The van der Waals surface area contributed by atoms with Gasteiger partial charge in [-0.05, 0) is 55.3 Å². The van der Waals surface area contributed by atoms with Crippen LogP contribution in [0.15, 0.2) is 5.16 Å². The molecule has 3 rings (SSSR count). The molecule has 5 unspecified atom stereocenters. The Bertz CT molecular complexity index is 314. The van der Waals surface area contributed by atoms with Gasteiger partial charge in [-0.15, -0.1) is 5.16 Å². The molecule has 0 aromatic carbocycles. The zero-order chi connectivity index (χ0) is 10.7. The number of hydrogen-bond donors (Lipinski definition) is 1. The van der Waals surface area contributed by atoms with Gasteiger partial charge in [0.1, 0.15) is 0 Å². The SMILES string of the molecule is CC1CC(C)(C=NO)C2CC3CCC12C3. The van der Waals surface area contributed by atoms with Crippen LogP contribution < -0.4 is 0 Å². The molecule has 3 aliphatic rings. The maximum absolute atomic E-state index is 8.84. The van der Waals surface area contributed by atoms with Crippen molar-refractivity contribution in [2.45, 2.75) is 46.0 Å². The highest BCUT2D eigenvalue weighted by Crippen LogP contribution is 2.71. The predicted octanol–water partition coefficient (Wildman–Crippen LogP) is 3.30. The maximum atomic E-state index is 8.84. The van der Waals surface area contributed by atoms with Gasteiger partial charge in [0.05, 0.1) is 0 Å². The largest absolute Gasteiger partial charge is 0.411 e. The van der Waals surface area contributed by atoms with Gasteiger partial charge in [0.25, 0.3) is 0 Å². The second-order valence-corrected chi connectivity index (χ2v) is 6.49. The molecule has 2 heteroatoms. The van der Waals surface area contributed by atoms with Gasteiger partial charge in [-0.25, -0.2) is 0 Å². The fourth-order valence-electron chi connectivity index (χ4n) is 5.30. The van der Waals surface area contributed by atoms with E-state index in [1.165, 1.54) is 32.1 Å². The molecule has 3 fully saturated rings. The molecule has 2 nitrogen and oxygen atoms in total. The van der Waals surface area contributed by atoms with E-state index in [2.05, 4.69) is 19.0 Å². The highest BCUT2D eigenvalue weighted by Gasteiger charge is 2.64. The number of oxime groups is 1. The lowest BCUT2D eigenvalue weighted by Crippen LogP contribution is -2.32. The van der Waals surface area contributed by atoms with E-state index in [-0.39, 0.29) is 5.41 Å². The van der Waals surface area contributed by atoms with Gasteiger partial charge < -0.3 is 5.21 Å². The van der Waals surface area contributed by atoms with Gasteiger partial charge >= 0.3 is 0 Å². The topological polar surface area (TPSA) is 32.6 Å². The fraction of sp³-hybridized carbons (Fsp3) is 0.923. The Kier molecular flexibility index (Phi) is 1.79. The minimum absolute atomic E-state index is 0.170. The summed E-state index contributed by atoms with van der Waals surface area (Å²) >= 11 is 0. The molecule has 0 amide bonds. The van der Waals surface area contributed by atoms with Gasteiger partial charge in [-0.1, -0.05) is 13.8 Å². The standard InChI is InChI=1S/C13H21NO/c1-9-6-12(2,8-14-15)11-5-10-3-4-13(9,11)7-10/h8-11,15H,3-7H2,1-2H3.